The van der Waals surface area contributed by atoms with Crippen molar-refractivity contribution in [2.45, 2.75) is 0 Å². The van der Waals surface area contributed by atoms with Crippen LogP contribution in [0.1, 0.15) is 0 Å². The minimum Gasteiger partial charge on any atom is -0.491 e. The lowest BCUT2D eigenvalue weighted by Crippen LogP contribution is -2.23. The van der Waals surface area contributed by atoms with Crippen LogP contribution < -0.4 is 43.2 Å². The minimum atomic E-state index is -0.504. The number of ether oxygens (including phenoxy) is 8. The maximum absolute atomic E-state index is 14.7. The highest BCUT2D eigenvalue weighted by atomic mass is 16.6. The fraction of sp³-hybridized carbons (Fsp3) is 0.250. The van der Waals surface area contributed by atoms with E-state index in [2.05, 4.69) is 0 Å². The molecular weight excluding hydrogens is 921 g/mol. The van der Waals surface area contributed by atoms with Crippen LogP contribution in [0.3, 0.4) is 0 Å². The molecule has 2 heterocycles. The topological polar surface area (TPSA) is 204 Å². The van der Waals surface area contributed by atoms with Gasteiger partial charge in [0.05, 0.1) is 99.0 Å². The largest absolute Gasteiger partial charge is 0.491 e. The molecule has 0 saturated carbocycles. The molecule has 0 bridgehead atoms. The van der Waals surface area contributed by atoms with Crippen molar-refractivity contribution in [2.75, 3.05) is 105 Å². The Morgan fingerprint density at radius 2 is 0.694 bits per heavy atom. The quantitative estimate of drug-likeness (QED) is 0.0363. The first-order valence-corrected chi connectivity index (χ1v) is 23.5. The molecule has 370 valence electrons. The smallest absolute Gasteiger partial charge is 0.266 e. The van der Waals surface area contributed by atoms with Gasteiger partial charge in [0.15, 0.2) is 0 Å². The number of fused-ring (bicyclic) bond motifs is 4. The highest BCUT2D eigenvalue weighted by Crippen LogP contribution is 2.42. The van der Waals surface area contributed by atoms with E-state index in [0.717, 1.165) is 9.13 Å². The highest BCUT2D eigenvalue weighted by molar-refractivity contribution is 6.20. The predicted octanol–water partition coefficient (Wildman–Crippen LogP) is 6.81. The monoisotopic (exact) mass is 974 g/mol. The van der Waals surface area contributed by atoms with Gasteiger partial charge < -0.3 is 49.4 Å². The molecule has 16 heteroatoms. The third kappa shape index (κ3) is 10.4. The Balaban J connectivity index is 1.16. The molecule has 4 N–H and O–H groups in total. The Labute approximate surface area is 413 Å². The van der Waals surface area contributed by atoms with E-state index in [1.54, 1.807) is 99.1 Å². The van der Waals surface area contributed by atoms with Gasteiger partial charge in [-0.05, 0) is 130 Å². The Morgan fingerprint density at radius 1 is 0.375 bits per heavy atom. The lowest BCUT2D eigenvalue weighted by molar-refractivity contribution is 0.0180. The second-order valence-electron chi connectivity index (χ2n) is 16.9. The van der Waals surface area contributed by atoms with E-state index in [-0.39, 0.29) is 34.8 Å². The van der Waals surface area contributed by atoms with Crippen molar-refractivity contribution in [3.63, 3.8) is 0 Å². The molecule has 0 amide bonds. The summed E-state index contributed by atoms with van der Waals surface area (Å²) in [5, 5.41) is 3.37. The zero-order valence-corrected chi connectivity index (χ0v) is 40.0. The maximum Gasteiger partial charge on any atom is 0.266 e. The van der Waals surface area contributed by atoms with Gasteiger partial charge in [-0.2, -0.15) is 0 Å². The first-order valence-electron chi connectivity index (χ1n) is 23.5. The van der Waals surface area contributed by atoms with E-state index in [4.69, 9.17) is 49.4 Å². The van der Waals surface area contributed by atoms with Crippen LogP contribution in [-0.4, -0.2) is 103 Å². The van der Waals surface area contributed by atoms with Gasteiger partial charge >= 0.3 is 0 Å². The summed E-state index contributed by atoms with van der Waals surface area (Å²) in [7, 11) is 3.24. The van der Waals surface area contributed by atoms with Crippen LogP contribution in [-0.2, 0) is 28.4 Å². The Kier molecular flexibility index (Phi) is 15.5. The molecule has 0 spiro atoms. The SMILES string of the molecule is COCCOCCOCCOc1ccc(-c2c3cc4cc5c(=O)n(-c6ccc(N)cc6)c(=O)c5c(-c5ccc(OCCOCCOCCOC)cc5)c4cc3cc3c(=O)n(-c4ccc(N)cc4)c(=O)c23)cc1. The molecule has 9 rings (SSSR count). The number of aromatic nitrogens is 2. The summed E-state index contributed by atoms with van der Waals surface area (Å²) in [6.45, 7) is 4.96. The first-order chi connectivity index (χ1) is 35.2. The number of rotatable bonds is 24. The molecule has 0 aliphatic heterocycles. The van der Waals surface area contributed by atoms with Gasteiger partial charge in [-0.1, -0.05) is 24.3 Å². The molecule has 0 unspecified atom stereocenters. The third-order valence-electron chi connectivity index (χ3n) is 12.3. The number of hydrogen-bond donors (Lipinski definition) is 2. The number of hydrogen-bond acceptors (Lipinski definition) is 14. The van der Waals surface area contributed by atoms with E-state index < -0.39 is 22.2 Å². The van der Waals surface area contributed by atoms with Crippen LogP contribution in [0.5, 0.6) is 11.5 Å². The number of anilines is 2. The molecule has 0 fully saturated rings. The Morgan fingerprint density at radius 3 is 1.04 bits per heavy atom. The van der Waals surface area contributed by atoms with Crippen molar-refractivity contribution in [2.24, 2.45) is 0 Å². The highest BCUT2D eigenvalue weighted by Gasteiger charge is 2.25. The van der Waals surface area contributed by atoms with E-state index in [0.29, 0.717) is 144 Å². The summed E-state index contributed by atoms with van der Waals surface area (Å²) >= 11 is 0. The van der Waals surface area contributed by atoms with E-state index in [1.165, 1.54) is 0 Å². The zero-order chi connectivity index (χ0) is 50.1. The number of methoxy groups -OCH3 is 2. The van der Waals surface area contributed by atoms with Crippen LogP contribution in [0.25, 0.3) is 76.7 Å². The number of nitrogens with two attached hydrogens (primary N) is 2. The predicted molar refractivity (Wildman–Crippen MR) is 280 cm³/mol. The molecular formula is C56H54N4O12. The van der Waals surface area contributed by atoms with Gasteiger partial charge in [-0.15, -0.1) is 0 Å². The average molecular weight is 975 g/mol. The van der Waals surface area contributed by atoms with E-state index >= 15 is 0 Å². The lowest BCUT2D eigenvalue weighted by atomic mass is 9.88. The second-order valence-corrected chi connectivity index (χ2v) is 16.9. The number of benzene rings is 7. The van der Waals surface area contributed by atoms with Crippen molar-refractivity contribution in [3.8, 4) is 45.1 Å². The first kappa shape index (κ1) is 49.3. The summed E-state index contributed by atoms with van der Waals surface area (Å²) in [6, 6.07) is 35.0. The van der Waals surface area contributed by atoms with Crippen molar-refractivity contribution in [1.82, 2.24) is 9.13 Å². The van der Waals surface area contributed by atoms with Gasteiger partial charge in [0, 0.05) is 36.7 Å². The summed E-state index contributed by atoms with van der Waals surface area (Å²) in [5.41, 5.74) is 14.0. The van der Waals surface area contributed by atoms with Gasteiger partial charge in [0.25, 0.3) is 22.2 Å². The molecule has 0 radical (unpaired) electrons. The summed E-state index contributed by atoms with van der Waals surface area (Å²) in [4.78, 5) is 58.5. The van der Waals surface area contributed by atoms with Gasteiger partial charge in [0.2, 0.25) is 0 Å². The van der Waals surface area contributed by atoms with E-state index in [1.807, 2.05) is 36.4 Å². The minimum absolute atomic E-state index is 0.204. The van der Waals surface area contributed by atoms with Crippen LogP contribution >= 0.6 is 0 Å². The number of nitrogens with zero attached hydrogens (tertiary/aromatic N) is 2. The van der Waals surface area contributed by atoms with Crippen LogP contribution in [0, 0.1) is 0 Å². The molecule has 2 aromatic heterocycles. The lowest BCUT2D eigenvalue weighted by Gasteiger charge is -2.14. The van der Waals surface area contributed by atoms with Crippen LogP contribution in [0.15, 0.2) is 141 Å². The molecule has 0 aliphatic carbocycles. The Bertz CT molecular complexity index is 3310. The van der Waals surface area contributed by atoms with Gasteiger partial charge in [-0.25, -0.2) is 9.13 Å². The molecule has 0 saturated heterocycles. The summed E-state index contributed by atoms with van der Waals surface area (Å²) in [5.74, 6) is 1.15. The number of nitrogen functional groups attached to an aromatic ring is 2. The molecule has 72 heavy (non-hydrogen) atoms. The van der Waals surface area contributed by atoms with Gasteiger partial charge in [0.1, 0.15) is 24.7 Å². The summed E-state index contributed by atoms with van der Waals surface area (Å²) in [6.07, 6.45) is 0. The van der Waals surface area contributed by atoms with Crippen molar-refractivity contribution < 1.29 is 37.9 Å². The third-order valence-corrected chi connectivity index (χ3v) is 12.3. The average Bonchev–Trinajstić information content (AvgIpc) is 3.79. The molecule has 0 atom stereocenters. The zero-order valence-electron chi connectivity index (χ0n) is 40.0. The molecule has 7 aromatic carbocycles. The van der Waals surface area contributed by atoms with E-state index in [9.17, 15) is 19.2 Å². The second kappa shape index (κ2) is 22.6. The normalized spacial score (nSPS) is 11.7. The fourth-order valence-electron chi connectivity index (χ4n) is 8.85. The van der Waals surface area contributed by atoms with Crippen molar-refractivity contribution in [3.05, 3.63) is 163 Å². The van der Waals surface area contributed by atoms with Gasteiger partial charge in [-0.3, -0.25) is 19.2 Å². The standard InChI is InChI=1S/C56H54N4O12/c1-65-19-21-67-23-25-69-27-29-71-43-15-3-35(4-16-43)49-45-31-38-34-48-52(56(64)60(54(48)62)42-13-9-40(58)10-14-42)50(36-5-17-44(18-6-36)72-30-28-70-26-24-68-22-20-66-2)46(38)32-37(45)33-47-51(49)55(63)59(53(47)61)41-11-7-39(57)8-12-41/h3-18,31-34H,19-30,57-58H2,1-2H3. The molecule has 16 nitrogen and oxygen atoms in total. The summed E-state index contributed by atoms with van der Waals surface area (Å²) < 4.78 is 46.5. The van der Waals surface area contributed by atoms with Crippen LogP contribution in [0.2, 0.25) is 0 Å². The maximum atomic E-state index is 14.7. The van der Waals surface area contributed by atoms with Crippen molar-refractivity contribution in [1.29, 1.82) is 0 Å². The fourth-order valence-corrected chi connectivity index (χ4v) is 8.85. The van der Waals surface area contributed by atoms with Crippen LogP contribution in [0.4, 0.5) is 11.4 Å². The van der Waals surface area contributed by atoms with Crippen molar-refractivity contribution >= 4 is 54.5 Å². The Hall–Kier alpha value is -7.70. The molecule has 9 aromatic rings. The molecule has 0 aliphatic rings.